The second-order valence-electron chi connectivity index (χ2n) is 8.58. The zero-order chi connectivity index (χ0) is 23.8. The number of nitrogens with zero attached hydrogens (tertiary/aromatic N) is 3. The molecule has 0 spiro atoms. The summed E-state index contributed by atoms with van der Waals surface area (Å²) >= 11 is 5.91. The quantitative estimate of drug-likeness (QED) is 0.365. The monoisotopic (exact) mass is 468 g/mol. The molecule has 1 aliphatic rings. The van der Waals surface area contributed by atoms with Crippen molar-refractivity contribution in [3.05, 3.63) is 107 Å². The van der Waals surface area contributed by atoms with E-state index in [1.165, 1.54) is 22.5 Å². The number of hydrogen-bond donors (Lipinski definition) is 1. The first-order valence-electron chi connectivity index (χ1n) is 11.4. The molecule has 0 radical (unpaired) electrons. The molecule has 0 aliphatic carbocycles. The van der Waals surface area contributed by atoms with E-state index in [-0.39, 0.29) is 12.1 Å². The number of para-hydroxylation sites is 1. The average Bonchev–Trinajstić information content (AvgIpc) is 3.32. The number of nitrogens with one attached hydrogen (secondary N) is 1. The maximum Gasteiger partial charge on any atom is 0.174 e. The number of anilines is 1. The van der Waals surface area contributed by atoms with Crippen LogP contribution in [0.25, 0.3) is 5.69 Å². The predicted octanol–water partition coefficient (Wildman–Crippen LogP) is 5.98. The highest BCUT2D eigenvalue weighted by Crippen LogP contribution is 2.45. The number of methoxy groups -OCH3 is 1. The zero-order valence-corrected chi connectivity index (χ0v) is 20.6. The molecule has 2 aromatic carbocycles. The van der Waals surface area contributed by atoms with Gasteiger partial charge in [0, 0.05) is 34.5 Å². The van der Waals surface area contributed by atoms with Crippen molar-refractivity contribution in [2.45, 2.75) is 32.9 Å². The Bertz CT molecular complexity index is 1320. The number of pyridine rings is 1. The van der Waals surface area contributed by atoms with Crippen LogP contribution in [0.5, 0.6) is 5.75 Å². The minimum absolute atomic E-state index is 0.0561. The van der Waals surface area contributed by atoms with Crippen LogP contribution in [0, 0.1) is 20.8 Å². The van der Waals surface area contributed by atoms with Crippen LogP contribution in [-0.4, -0.2) is 21.8 Å². The third-order valence-electron chi connectivity index (χ3n) is 6.77. The van der Waals surface area contributed by atoms with Gasteiger partial charge in [0.1, 0.15) is 5.75 Å². The van der Waals surface area contributed by atoms with E-state index >= 15 is 0 Å². The summed E-state index contributed by atoms with van der Waals surface area (Å²) in [5.41, 5.74) is 8.10. The molecule has 0 bridgehead atoms. The molecule has 2 aromatic heterocycles. The molecule has 1 aliphatic heterocycles. The molecule has 3 heterocycles. The fourth-order valence-corrected chi connectivity index (χ4v) is 5.42. The van der Waals surface area contributed by atoms with Gasteiger partial charge in [-0.1, -0.05) is 24.3 Å². The fourth-order valence-electron chi connectivity index (χ4n) is 5.08. The highest BCUT2D eigenvalue weighted by Gasteiger charge is 2.43. The van der Waals surface area contributed by atoms with Gasteiger partial charge in [-0.2, -0.15) is 0 Å². The second-order valence-corrected chi connectivity index (χ2v) is 8.96. The van der Waals surface area contributed by atoms with Crippen LogP contribution in [0.1, 0.15) is 40.3 Å². The molecule has 6 heteroatoms. The Morgan fingerprint density at radius 3 is 2.21 bits per heavy atom. The van der Waals surface area contributed by atoms with Crippen LogP contribution < -0.4 is 15.0 Å². The van der Waals surface area contributed by atoms with E-state index in [2.05, 4.69) is 78.0 Å². The molecule has 1 fully saturated rings. The van der Waals surface area contributed by atoms with Crippen LogP contribution in [0.15, 0.2) is 79.0 Å². The number of rotatable bonds is 5. The molecule has 0 unspecified atom stereocenters. The Balaban J connectivity index is 1.71. The van der Waals surface area contributed by atoms with Gasteiger partial charge in [-0.05, 0) is 87.1 Å². The first-order chi connectivity index (χ1) is 16.5. The summed E-state index contributed by atoms with van der Waals surface area (Å²) < 4.78 is 7.73. The van der Waals surface area contributed by atoms with Gasteiger partial charge in [0.25, 0.3) is 0 Å². The molecule has 2 atom stereocenters. The van der Waals surface area contributed by atoms with Crippen LogP contribution in [0.4, 0.5) is 5.69 Å². The average molecular weight is 469 g/mol. The molecule has 4 aromatic rings. The lowest BCUT2D eigenvalue weighted by Gasteiger charge is -2.29. The van der Waals surface area contributed by atoms with E-state index in [0.717, 1.165) is 22.8 Å². The van der Waals surface area contributed by atoms with Crippen molar-refractivity contribution in [3.63, 3.8) is 0 Å². The fraction of sp³-hybridized carbons (Fsp3) is 0.214. The van der Waals surface area contributed by atoms with E-state index in [1.54, 1.807) is 7.11 Å². The van der Waals surface area contributed by atoms with E-state index in [1.807, 2.05) is 36.5 Å². The van der Waals surface area contributed by atoms with Gasteiger partial charge in [-0.3, -0.25) is 4.98 Å². The van der Waals surface area contributed by atoms with Crippen molar-refractivity contribution in [2.24, 2.45) is 0 Å². The van der Waals surface area contributed by atoms with Crippen molar-refractivity contribution in [1.82, 2.24) is 14.9 Å². The Morgan fingerprint density at radius 2 is 1.56 bits per heavy atom. The SMILES string of the molecule is COc1ccc(N2C(=S)N[C@H](c3ccccn3)[C@@H]2c2c(C)c(C)n(-c3ccccc3)c2C)cc1. The third kappa shape index (κ3) is 3.64. The van der Waals surface area contributed by atoms with Gasteiger partial charge in [0.15, 0.2) is 5.11 Å². The number of hydrogen-bond acceptors (Lipinski definition) is 3. The van der Waals surface area contributed by atoms with Gasteiger partial charge in [-0.25, -0.2) is 0 Å². The summed E-state index contributed by atoms with van der Waals surface area (Å²) in [5.74, 6) is 0.818. The Labute approximate surface area is 206 Å². The largest absolute Gasteiger partial charge is 0.497 e. The Kier molecular flexibility index (Phi) is 5.84. The first-order valence-corrected chi connectivity index (χ1v) is 11.8. The van der Waals surface area contributed by atoms with Crippen LogP contribution >= 0.6 is 12.2 Å². The van der Waals surface area contributed by atoms with E-state index < -0.39 is 0 Å². The van der Waals surface area contributed by atoms with Gasteiger partial charge >= 0.3 is 0 Å². The molecule has 0 saturated carbocycles. The summed E-state index contributed by atoms with van der Waals surface area (Å²) in [5, 5.41) is 4.26. The molecule has 34 heavy (non-hydrogen) atoms. The van der Waals surface area contributed by atoms with Gasteiger partial charge in [0.2, 0.25) is 0 Å². The molecular formula is C28H28N4OS. The van der Waals surface area contributed by atoms with Gasteiger partial charge < -0.3 is 19.5 Å². The summed E-state index contributed by atoms with van der Waals surface area (Å²) in [7, 11) is 1.68. The Morgan fingerprint density at radius 1 is 0.853 bits per heavy atom. The lowest BCUT2D eigenvalue weighted by Crippen LogP contribution is -2.29. The van der Waals surface area contributed by atoms with Crippen LogP contribution in [0.3, 0.4) is 0 Å². The maximum absolute atomic E-state index is 5.91. The van der Waals surface area contributed by atoms with Crippen molar-refractivity contribution in [3.8, 4) is 11.4 Å². The number of aromatic nitrogens is 2. The molecular weight excluding hydrogens is 440 g/mol. The lowest BCUT2D eigenvalue weighted by atomic mass is 9.93. The van der Waals surface area contributed by atoms with Crippen molar-refractivity contribution in [1.29, 1.82) is 0 Å². The first kappa shape index (κ1) is 22.2. The molecule has 0 amide bonds. The van der Waals surface area contributed by atoms with Gasteiger partial charge in [-0.15, -0.1) is 0 Å². The molecule has 172 valence electrons. The molecule has 5 rings (SSSR count). The molecule has 1 saturated heterocycles. The highest BCUT2D eigenvalue weighted by atomic mass is 32.1. The van der Waals surface area contributed by atoms with Gasteiger partial charge in [0.05, 0.1) is 24.9 Å². The number of ether oxygens (including phenoxy) is 1. The number of thiocarbonyl (C=S) groups is 1. The summed E-state index contributed by atoms with van der Waals surface area (Å²) in [6, 6.07) is 24.5. The molecule has 1 N–H and O–H groups in total. The minimum atomic E-state index is -0.0841. The topological polar surface area (TPSA) is 42.3 Å². The van der Waals surface area contributed by atoms with E-state index in [0.29, 0.717) is 5.11 Å². The predicted molar refractivity (Wildman–Crippen MR) is 141 cm³/mol. The van der Waals surface area contributed by atoms with Crippen molar-refractivity contribution in [2.75, 3.05) is 12.0 Å². The minimum Gasteiger partial charge on any atom is -0.497 e. The van der Waals surface area contributed by atoms with Crippen molar-refractivity contribution >= 4 is 23.0 Å². The van der Waals surface area contributed by atoms with Crippen LogP contribution in [0.2, 0.25) is 0 Å². The summed E-state index contributed by atoms with van der Waals surface area (Å²) in [4.78, 5) is 6.92. The summed E-state index contributed by atoms with van der Waals surface area (Å²) in [6.45, 7) is 6.60. The molecule has 5 nitrogen and oxygen atoms in total. The normalized spacial score (nSPS) is 17.6. The Hall–Kier alpha value is -3.64. The number of benzene rings is 2. The standard InChI is InChI=1S/C28H28N4OS/c1-18-19(2)31(21-10-6-5-7-11-21)20(3)25(18)27-26(24-12-8-9-17-29-24)30-28(34)32(27)22-13-15-23(33-4)16-14-22/h5-17,26-27H,1-4H3,(H,30,34)/t26-,27+/m1/s1. The van der Waals surface area contributed by atoms with Crippen LogP contribution in [-0.2, 0) is 0 Å². The zero-order valence-electron chi connectivity index (χ0n) is 19.8. The van der Waals surface area contributed by atoms with Crippen molar-refractivity contribution < 1.29 is 4.74 Å². The van der Waals surface area contributed by atoms with E-state index in [9.17, 15) is 0 Å². The maximum atomic E-state index is 5.91. The summed E-state index contributed by atoms with van der Waals surface area (Å²) in [6.07, 6.45) is 1.84. The van der Waals surface area contributed by atoms with E-state index in [4.69, 9.17) is 21.9 Å². The lowest BCUT2D eigenvalue weighted by molar-refractivity contribution is 0.415. The highest BCUT2D eigenvalue weighted by molar-refractivity contribution is 7.80. The second kappa shape index (κ2) is 8.95. The third-order valence-corrected chi connectivity index (χ3v) is 7.08. The smallest absolute Gasteiger partial charge is 0.174 e.